The number of methoxy groups -OCH3 is 2. The maximum Gasteiger partial charge on any atom is 0.231 e. The van der Waals surface area contributed by atoms with Gasteiger partial charge in [-0.2, -0.15) is 0 Å². The van der Waals surface area contributed by atoms with Crippen molar-refractivity contribution in [1.29, 1.82) is 0 Å². The number of aromatic nitrogens is 1. The number of fused-ring (bicyclic) bond motifs is 1. The van der Waals surface area contributed by atoms with Crippen LogP contribution in [0.2, 0.25) is 0 Å². The van der Waals surface area contributed by atoms with Gasteiger partial charge in [-0.15, -0.1) is 0 Å². The van der Waals surface area contributed by atoms with Crippen LogP contribution in [0.1, 0.15) is 11.1 Å². The smallest absolute Gasteiger partial charge is 0.231 e. The SMILES string of the molecule is COc1ccc(CC(=O)Nc2ccc(-c3nc4cc(C)ccc4o3)c(O)c2)cc1OC. The molecule has 0 fully saturated rings. The van der Waals surface area contributed by atoms with Gasteiger partial charge in [0.15, 0.2) is 17.1 Å². The normalized spacial score (nSPS) is 10.8. The molecule has 1 aromatic heterocycles. The molecule has 0 unspecified atom stereocenters. The fourth-order valence-corrected chi connectivity index (χ4v) is 3.32. The Morgan fingerprint density at radius 2 is 1.84 bits per heavy atom. The van der Waals surface area contributed by atoms with Crippen LogP contribution in [-0.2, 0) is 11.2 Å². The van der Waals surface area contributed by atoms with E-state index in [9.17, 15) is 9.90 Å². The van der Waals surface area contributed by atoms with Crippen LogP contribution in [-0.4, -0.2) is 30.2 Å². The van der Waals surface area contributed by atoms with E-state index >= 15 is 0 Å². The summed E-state index contributed by atoms with van der Waals surface area (Å²) in [6, 6.07) is 15.9. The molecule has 158 valence electrons. The van der Waals surface area contributed by atoms with Crippen LogP contribution in [0.25, 0.3) is 22.6 Å². The number of nitrogens with one attached hydrogen (secondary N) is 1. The molecule has 0 atom stereocenters. The minimum absolute atomic E-state index is 0.0350. The Kier molecular flexibility index (Phi) is 5.49. The molecule has 7 nitrogen and oxygen atoms in total. The number of aromatic hydroxyl groups is 1. The maximum absolute atomic E-state index is 12.5. The van der Waals surface area contributed by atoms with E-state index in [1.165, 1.54) is 6.07 Å². The molecule has 0 bridgehead atoms. The van der Waals surface area contributed by atoms with Crippen molar-refractivity contribution < 1.29 is 23.8 Å². The highest BCUT2D eigenvalue weighted by Crippen LogP contribution is 2.33. The van der Waals surface area contributed by atoms with E-state index < -0.39 is 0 Å². The van der Waals surface area contributed by atoms with Gasteiger partial charge in [0.25, 0.3) is 0 Å². The van der Waals surface area contributed by atoms with E-state index in [4.69, 9.17) is 13.9 Å². The molecule has 31 heavy (non-hydrogen) atoms. The van der Waals surface area contributed by atoms with Crippen molar-refractivity contribution in [2.75, 3.05) is 19.5 Å². The Hall–Kier alpha value is -4.00. The summed E-state index contributed by atoms with van der Waals surface area (Å²) in [6.07, 6.45) is 0.146. The first-order valence-electron chi connectivity index (χ1n) is 9.68. The van der Waals surface area contributed by atoms with Gasteiger partial charge < -0.3 is 24.3 Å². The fourth-order valence-electron chi connectivity index (χ4n) is 3.32. The zero-order chi connectivity index (χ0) is 22.0. The molecule has 0 saturated carbocycles. The van der Waals surface area contributed by atoms with Gasteiger partial charge in [-0.1, -0.05) is 12.1 Å². The molecule has 4 aromatic rings. The van der Waals surface area contributed by atoms with Crippen LogP contribution in [0.15, 0.2) is 59.0 Å². The lowest BCUT2D eigenvalue weighted by Gasteiger charge is -2.10. The Bertz CT molecular complexity index is 1260. The lowest BCUT2D eigenvalue weighted by atomic mass is 10.1. The first-order valence-corrected chi connectivity index (χ1v) is 9.68. The summed E-state index contributed by atoms with van der Waals surface area (Å²) in [5.41, 5.74) is 4.14. The number of hydrogen-bond acceptors (Lipinski definition) is 6. The van der Waals surface area contributed by atoms with E-state index in [1.807, 2.05) is 25.1 Å². The summed E-state index contributed by atoms with van der Waals surface area (Å²) >= 11 is 0. The highest BCUT2D eigenvalue weighted by Gasteiger charge is 2.14. The number of phenols is 1. The summed E-state index contributed by atoms with van der Waals surface area (Å²) in [5, 5.41) is 13.3. The van der Waals surface area contributed by atoms with Gasteiger partial charge in [0.1, 0.15) is 11.3 Å². The molecule has 0 radical (unpaired) electrons. The molecule has 7 heteroatoms. The van der Waals surface area contributed by atoms with Crippen molar-refractivity contribution in [3.05, 3.63) is 65.7 Å². The molecule has 0 aliphatic rings. The van der Waals surface area contributed by atoms with Crippen molar-refractivity contribution in [1.82, 2.24) is 4.98 Å². The lowest BCUT2D eigenvalue weighted by Crippen LogP contribution is -2.14. The van der Waals surface area contributed by atoms with E-state index in [-0.39, 0.29) is 18.1 Å². The zero-order valence-electron chi connectivity index (χ0n) is 17.4. The number of hydrogen-bond donors (Lipinski definition) is 2. The fraction of sp³-hybridized carbons (Fsp3) is 0.167. The molecule has 4 rings (SSSR count). The van der Waals surface area contributed by atoms with E-state index in [2.05, 4.69) is 10.3 Å². The van der Waals surface area contributed by atoms with Crippen molar-refractivity contribution >= 4 is 22.7 Å². The highest BCUT2D eigenvalue weighted by atomic mass is 16.5. The number of carbonyl (C=O) groups excluding carboxylic acids is 1. The second-order valence-electron chi connectivity index (χ2n) is 7.14. The molecule has 0 aliphatic carbocycles. The van der Waals surface area contributed by atoms with Crippen LogP contribution in [0, 0.1) is 6.92 Å². The van der Waals surface area contributed by atoms with Gasteiger partial charge in [-0.3, -0.25) is 4.79 Å². The zero-order valence-corrected chi connectivity index (χ0v) is 17.4. The third kappa shape index (κ3) is 4.30. The average molecular weight is 418 g/mol. The molecular weight excluding hydrogens is 396 g/mol. The standard InChI is InChI=1S/C24H22N2O5/c1-14-4-8-20-18(10-14)26-24(31-20)17-7-6-16(13-19(17)27)25-23(28)12-15-5-9-21(29-2)22(11-15)30-3/h4-11,13,27H,12H2,1-3H3,(H,25,28). The maximum atomic E-state index is 12.5. The summed E-state index contributed by atoms with van der Waals surface area (Å²) in [4.78, 5) is 16.9. The third-order valence-electron chi connectivity index (χ3n) is 4.87. The number of oxazole rings is 1. The molecule has 1 heterocycles. The van der Waals surface area contributed by atoms with Crippen LogP contribution in [0.3, 0.4) is 0 Å². The predicted octanol–water partition coefficient (Wildman–Crippen LogP) is 4.71. The number of rotatable bonds is 6. The van der Waals surface area contributed by atoms with Crippen molar-refractivity contribution in [3.8, 4) is 28.7 Å². The quantitative estimate of drug-likeness (QED) is 0.471. The first kappa shape index (κ1) is 20.3. The number of amides is 1. The summed E-state index contributed by atoms with van der Waals surface area (Å²) in [6.45, 7) is 1.98. The van der Waals surface area contributed by atoms with Crippen molar-refractivity contribution in [2.24, 2.45) is 0 Å². The molecule has 0 spiro atoms. The number of phenolic OH excluding ortho intramolecular Hbond substituents is 1. The van der Waals surface area contributed by atoms with Crippen LogP contribution in [0.5, 0.6) is 17.2 Å². The van der Waals surface area contributed by atoms with Gasteiger partial charge in [0, 0.05) is 11.8 Å². The summed E-state index contributed by atoms with van der Waals surface area (Å²) in [7, 11) is 3.10. The second-order valence-corrected chi connectivity index (χ2v) is 7.14. The Morgan fingerprint density at radius 3 is 2.58 bits per heavy atom. The summed E-state index contributed by atoms with van der Waals surface area (Å²) in [5.74, 6) is 1.22. The minimum atomic E-state index is -0.225. The third-order valence-corrected chi connectivity index (χ3v) is 4.87. The molecule has 0 saturated heterocycles. The molecular formula is C24H22N2O5. The van der Waals surface area contributed by atoms with Crippen molar-refractivity contribution in [2.45, 2.75) is 13.3 Å². The van der Waals surface area contributed by atoms with Gasteiger partial charge >= 0.3 is 0 Å². The molecule has 2 N–H and O–H groups in total. The number of nitrogens with zero attached hydrogens (tertiary/aromatic N) is 1. The Balaban J connectivity index is 1.49. The van der Waals surface area contributed by atoms with E-state index in [0.717, 1.165) is 16.6 Å². The van der Waals surface area contributed by atoms with Crippen LogP contribution >= 0.6 is 0 Å². The molecule has 1 amide bonds. The average Bonchev–Trinajstić information content (AvgIpc) is 3.16. The topological polar surface area (TPSA) is 93.8 Å². The largest absolute Gasteiger partial charge is 0.507 e. The van der Waals surface area contributed by atoms with Crippen LogP contribution in [0.4, 0.5) is 5.69 Å². The van der Waals surface area contributed by atoms with Gasteiger partial charge in [-0.05, 0) is 54.4 Å². The lowest BCUT2D eigenvalue weighted by molar-refractivity contribution is -0.115. The minimum Gasteiger partial charge on any atom is -0.507 e. The summed E-state index contributed by atoms with van der Waals surface area (Å²) < 4.78 is 16.2. The number of benzene rings is 3. The van der Waals surface area contributed by atoms with Crippen LogP contribution < -0.4 is 14.8 Å². The second kappa shape index (κ2) is 8.39. The van der Waals surface area contributed by atoms with Gasteiger partial charge in [0.05, 0.1) is 26.2 Å². The first-order chi connectivity index (χ1) is 15.0. The monoisotopic (exact) mass is 418 g/mol. The highest BCUT2D eigenvalue weighted by molar-refractivity contribution is 5.93. The van der Waals surface area contributed by atoms with Crippen molar-refractivity contribution in [3.63, 3.8) is 0 Å². The van der Waals surface area contributed by atoms with E-state index in [0.29, 0.717) is 34.2 Å². The van der Waals surface area contributed by atoms with Gasteiger partial charge in [0.2, 0.25) is 11.8 Å². The Morgan fingerprint density at radius 1 is 1.03 bits per heavy atom. The molecule has 0 aliphatic heterocycles. The number of carbonyl (C=O) groups is 1. The number of anilines is 1. The van der Waals surface area contributed by atoms with E-state index in [1.54, 1.807) is 44.6 Å². The number of aryl methyl sites for hydroxylation is 1. The number of ether oxygens (including phenoxy) is 2. The molecule has 3 aromatic carbocycles. The predicted molar refractivity (Wildman–Crippen MR) is 118 cm³/mol. The Labute approximate surface area is 179 Å². The van der Waals surface area contributed by atoms with Gasteiger partial charge in [-0.25, -0.2) is 4.98 Å².